The van der Waals surface area contributed by atoms with Crippen molar-refractivity contribution in [3.8, 4) is 0 Å². The van der Waals surface area contributed by atoms with Gasteiger partial charge in [0.25, 0.3) is 0 Å². The molecule has 2 rings (SSSR count). The van der Waals surface area contributed by atoms with Crippen LogP contribution in [-0.2, 0) is 19.6 Å². The maximum atomic E-state index is 13.5. The quantitative estimate of drug-likeness (QED) is 0.649. The van der Waals surface area contributed by atoms with Gasteiger partial charge in [-0.25, -0.2) is 8.42 Å². The fraction of sp³-hybridized carbons (Fsp3) is 0.381. The Bertz CT molecular complexity index is 865. The number of ether oxygens (including phenoxy) is 1. The zero-order valence-electron chi connectivity index (χ0n) is 16.5. The lowest BCUT2D eigenvalue weighted by Gasteiger charge is -2.32. The molecule has 0 saturated heterocycles. The summed E-state index contributed by atoms with van der Waals surface area (Å²) in [4.78, 5) is 12.4. The minimum absolute atomic E-state index is 0.0785. The summed E-state index contributed by atoms with van der Waals surface area (Å²) < 4.78 is 33.3. The number of rotatable bonds is 9. The molecule has 7 heteroatoms. The Morgan fingerprint density at radius 2 is 1.71 bits per heavy atom. The minimum Gasteiger partial charge on any atom is -0.466 e. The van der Waals surface area contributed by atoms with Crippen LogP contribution in [0.3, 0.4) is 0 Å². The van der Waals surface area contributed by atoms with Crippen molar-refractivity contribution in [1.29, 1.82) is 0 Å². The Balaban J connectivity index is 2.53. The smallest absolute Gasteiger partial charge is 0.307 e. The summed E-state index contributed by atoms with van der Waals surface area (Å²) in [7, 11) is -3.88. The van der Waals surface area contributed by atoms with Crippen molar-refractivity contribution >= 4 is 16.0 Å². The van der Waals surface area contributed by atoms with E-state index in [1.165, 1.54) is 4.31 Å². The fourth-order valence-corrected chi connectivity index (χ4v) is 4.67. The average Bonchev–Trinajstić information content (AvgIpc) is 2.65. The topological polar surface area (TPSA) is 89.7 Å². The number of nitrogens with two attached hydrogens (primary N) is 1. The Morgan fingerprint density at radius 3 is 2.25 bits per heavy atom. The molecular formula is C21H28N2O4S. The van der Waals surface area contributed by atoms with Gasteiger partial charge in [0.05, 0.1) is 24.0 Å². The summed E-state index contributed by atoms with van der Waals surface area (Å²) in [6.45, 7) is 5.67. The van der Waals surface area contributed by atoms with Crippen molar-refractivity contribution in [2.75, 3.05) is 13.2 Å². The molecule has 0 aliphatic rings. The first kappa shape index (κ1) is 22.1. The largest absolute Gasteiger partial charge is 0.466 e. The minimum atomic E-state index is -3.88. The van der Waals surface area contributed by atoms with E-state index in [4.69, 9.17) is 10.5 Å². The summed E-state index contributed by atoms with van der Waals surface area (Å²) in [6, 6.07) is 14.6. The molecule has 0 aliphatic carbocycles. The van der Waals surface area contributed by atoms with E-state index in [1.807, 2.05) is 37.3 Å². The second kappa shape index (κ2) is 9.82. The molecule has 0 radical (unpaired) electrons. The van der Waals surface area contributed by atoms with Gasteiger partial charge in [-0.2, -0.15) is 4.31 Å². The Hall–Kier alpha value is -2.22. The van der Waals surface area contributed by atoms with Crippen molar-refractivity contribution in [1.82, 2.24) is 4.31 Å². The first-order chi connectivity index (χ1) is 13.3. The van der Waals surface area contributed by atoms with Crippen LogP contribution in [0.1, 0.15) is 37.4 Å². The molecule has 0 bridgehead atoms. The first-order valence-corrected chi connectivity index (χ1v) is 10.7. The highest BCUT2D eigenvalue weighted by Crippen LogP contribution is 2.31. The maximum Gasteiger partial charge on any atom is 0.307 e. The molecule has 0 saturated carbocycles. The van der Waals surface area contributed by atoms with E-state index in [0.29, 0.717) is 5.56 Å². The third kappa shape index (κ3) is 5.64. The number of carbonyl (C=O) groups is 1. The van der Waals surface area contributed by atoms with E-state index in [0.717, 1.165) is 5.56 Å². The first-order valence-electron chi connectivity index (χ1n) is 9.30. The van der Waals surface area contributed by atoms with Gasteiger partial charge in [0.1, 0.15) is 0 Å². The van der Waals surface area contributed by atoms with Gasteiger partial charge in [0.2, 0.25) is 10.0 Å². The molecule has 28 heavy (non-hydrogen) atoms. The summed E-state index contributed by atoms with van der Waals surface area (Å²) in [5.74, 6) is -0.454. The van der Waals surface area contributed by atoms with Crippen molar-refractivity contribution in [2.24, 2.45) is 5.73 Å². The SMILES string of the molecule is CCOC(=O)CC(c1ccccc1)N(CC(C)N)S(=O)(=O)c1ccc(C)cc1. The van der Waals surface area contributed by atoms with Gasteiger partial charge in [-0.3, -0.25) is 4.79 Å². The zero-order valence-corrected chi connectivity index (χ0v) is 17.4. The molecule has 2 N–H and O–H groups in total. The van der Waals surface area contributed by atoms with E-state index in [9.17, 15) is 13.2 Å². The second-order valence-electron chi connectivity index (χ2n) is 6.80. The lowest BCUT2D eigenvalue weighted by Crippen LogP contribution is -2.43. The molecule has 0 aliphatic heterocycles. The van der Waals surface area contributed by atoms with Crippen molar-refractivity contribution in [3.05, 3.63) is 65.7 Å². The van der Waals surface area contributed by atoms with Gasteiger partial charge in [0.15, 0.2) is 0 Å². The Kier molecular flexibility index (Phi) is 7.74. The Labute approximate surface area is 167 Å². The number of hydrogen-bond donors (Lipinski definition) is 1. The van der Waals surface area contributed by atoms with Gasteiger partial charge in [-0.1, -0.05) is 48.0 Å². The molecule has 2 atom stereocenters. The van der Waals surface area contributed by atoms with Crippen LogP contribution in [0.25, 0.3) is 0 Å². The van der Waals surface area contributed by atoms with Gasteiger partial charge in [-0.15, -0.1) is 0 Å². The highest BCUT2D eigenvalue weighted by molar-refractivity contribution is 7.89. The van der Waals surface area contributed by atoms with Gasteiger partial charge >= 0.3 is 5.97 Å². The molecule has 2 aromatic rings. The van der Waals surface area contributed by atoms with E-state index in [-0.39, 0.29) is 24.5 Å². The summed E-state index contributed by atoms with van der Waals surface area (Å²) in [6.07, 6.45) is -0.0876. The highest BCUT2D eigenvalue weighted by atomic mass is 32.2. The molecule has 2 aromatic carbocycles. The average molecular weight is 405 g/mol. The van der Waals surface area contributed by atoms with Gasteiger partial charge in [0, 0.05) is 12.6 Å². The van der Waals surface area contributed by atoms with Crippen LogP contribution in [0.5, 0.6) is 0 Å². The Morgan fingerprint density at radius 1 is 1.11 bits per heavy atom. The van der Waals surface area contributed by atoms with Crippen LogP contribution in [0.15, 0.2) is 59.5 Å². The summed E-state index contributed by atoms with van der Waals surface area (Å²) in [5.41, 5.74) is 7.65. The van der Waals surface area contributed by atoms with Crippen LogP contribution in [0.4, 0.5) is 0 Å². The number of aryl methyl sites for hydroxylation is 1. The van der Waals surface area contributed by atoms with Crippen molar-refractivity contribution in [3.63, 3.8) is 0 Å². The molecule has 6 nitrogen and oxygen atoms in total. The van der Waals surface area contributed by atoms with Crippen LogP contribution >= 0.6 is 0 Å². The second-order valence-corrected chi connectivity index (χ2v) is 8.69. The predicted octanol–water partition coefficient (Wildman–Crippen LogP) is 3.03. The van der Waals surface area contributed by atoms with Crippen molar-refractivity contribution < 1.29 is 17.9 Å². The van der Waals surface area contributed by atoms with E-state index in [1.54, 1.807) is 38.1 Å². The van der Waals surface area contributed by atoms with Gasteiger partial charge in [-0.05, 0) is 38.5 Å². The number of sulfonamides is 1. The number of hydrogen-bond acceptors (Lipinski definition) is 5. The van der Waals surface area contributed by atoms with Crippen LogP contribution in [-0.4, -0.2) is 37.9 Å². The normalized spacial score (nSPS) is 13.9. The zero-order chi connectivity index (χ0) is 20.7. The highest BCUT2D eigenvalue weighted by Gasteiger charge is 2.34. The van der Waals surface area contributed by atoms with E-state index < -0.39 is 28.1 Å². The third-order valence-electron chi connectivity index (χ3n) is 4.29. The number of carbonyl (C=O) groups excluding carboxylic acids is 1. The van der Waals surface area contributed by atoms with E-state index in [2.05, 4.69) is 0 Å². The predicted molar refractivity (Wildman–Crippen MR) is 109 cm³/mol. The molecule has 0 aromatic heterocycles. The van der Waals surface area contributed by atoms with Crippen LogP contribution < -0.4 is 5.73 Å². The van der Waals surface area contributed by atoms with Gasteiger partial charge < -0.3 is 10.5 Å². The number of nitrogens with zero attached hydrogens (tertiary/aromatic N) is 1. The third-order valence-corrected chi connectivity index (χ3v) is 6.18. The lowest BCUT2D eigenvalue weighted by atomic mass is 10.0. The monoisotopic (exact) mass is 404 g/mol. The molecule has 0 spiro atoms. The molecule has 0 amide bonds. The number of esters is 1. The summed E-state index contributed by atoms with van der Waals surface area (Å²) >= 11 is 0. The molecule has 0 fully saturated rings. The number of benzene rings is 2. The standard InChI is InChI=1S/C21H28N2O4S/c1-4-27-21(24)14-20(18-8-6-5-7-9-18)23(15-17(3)22)28(25,26)19-12-10-16(2)11-13-19/h5-13,17,20H,4,14-15,22H2,1-3H3. The molecule has 0 heterocycles. The molecular weight excluding hydrogens is 376 g/mol. The maximum absolute atomic E-state index is 13.5. The van der Waals surface area contributed by atoms with Crippen LogP contribution in [0, 0.1) is 6.92 Å². The molecule has 2 unspecified atom stereocenters. The van der Waals surface area contributed by atoms with Crippen LogP contribution in [0.2, 0.25) is 0 Å². The fourth-order valence-electron chi connectivity index (χ4n) is 2.96. The lowest BCUT2D eigenvalue weighted by molar-refractivity contribution is -0.144. The van der Waals surface area contributed by atoms with Crippen molar-refractivity contribution in [2.45, 2.75) is 44.2 Å². The van der Waals surface area contributed by atoms with E-state index >= 15 is 0 Å². The molecule has 152 valence electrons. The summed E-state index contributed by atoms with van der Waals surface area (Å²) in [5, 5.41) is 0.